The number of hydrogen-bond acceptors (Lipinski definition) is 3. The van der Waals surface area contributed by atoms with E-state index in [1.54, 1.807) is 0 Å². The molecule has 0 saturated heterocycles. The van der Waals surface area contributed by atoms with Crippen LogP contribution in [0.4, 0.5) is 0 Å². The highest BCUT2D eigenvalue weighted by Gasteiger charge is 2.21. The van der Waals surface area contributed by atoms with Crippen LogP contribution in [0.25, 0.3) is 0 Å². The average molecular weight is 391 g/mol. The Morgan fingerprint density at radius 3 is 2.25 bits per heavy atom. The number of phenolic OH excluding ortho intramolecular Hbond substituents is 1. The molecule has 4 heteroatoms. The minimum absolute atomic E-state index is 0.0349. The molecule has 4 nitrogen and oxygen atoms in total. The highest BCUT2D eigenvalue weighted by molar-refractivity contribution is 5.93. The van der Waals surface area contributed by atoms with Crippen LogP contribution in [0.1, 0.15) is 95.1 Å². The van der Waals surface area contributed by atoms with Crippen molar-refractivity contribution in [3.63, 3.8) is 0 Å². The van der Waals surface area contributed by atoms with E-state index in [1.165, 1.54) is 11.6 Å². The number of aromatic hydroxyl groups is 2. The molecule has 0 fully saturated rings. The molecule has 158 valence electrons. The molecule has 1 aromatic carbocycles. The Morgan fingerprint density at radius 2 is 1.71 bits per heavy atom. The Hall–Kier alpha value is -2.23. The summed E-state index contributed by atoms with van der Waals surface area (Å²) in [5.74, 6) is -1.50. The van der Waals surface area contributed by atoms with Gasteiger partial charge in [-0.05, 0) is 64.5 Å². The Balaban J connectivity index is 0.00000352. The molecule has 0 unspecified atom stereocenters. The van der Waals surface area contributed by atoms with Crippen molar-refractivity contribution in [1.29, 1.82) is 0 Å². The van der Waals surface area contributed by atoms with Gasteiger partial charge in [0.05, 0.1) is 0 Å². The predicted octanol–water partition coefficient (Wildman–Crippen LogP) is 6.79. The molecule has 0 atom stereocenters. The van der Waals surface area contributed by atoms with Gasteiger partial charge in [-0.1, -0.05) is 56.9 Å². The SMILES string of the molecule is CC.CCCCCc1cc(O)c(C/C=C(\C)CCC=C(C)C)c(O)c1C(=O)O. The second kappa shape index (κ2) is 13.9. The summed E-state index contributed by atoms with van der Waals surface area (Å²) in [6.45, 7) is 12.2. The maximum absolute atomic E-state index is 11.6. The second-order valence-corrected chi connectivity index (χ2v) is 7.09. The van der Waals surface area contributed by atoms with Gasteiger partial charge in [-0.3, -0.25) is 0 Å². The fraction of sp³-hybridized carbons (Fsp3) is 0.542. The first-order valence-corrected chi connectivity index (χ1v) is 10.4. The first kappa shape index (κ1) is 25.8. The van der Waals surface area contributed by atoms with Crippen LogP contribution in [0.2, 0.25) is 0 Å². The number of unbranched alkanes of at least 4 members (excludes halogenated alkanes) is 2. The van der Waals surface area contributed by atoms with E-state index in [0.717, 1.165) is 37.7 Å². The van der Waals surface area contributed by atoms with Crippen LogP contribution < -0.4 is 0 Å². The first-order valence-electron chi connectivity index (χ1n) is 10.4. The lowest BCUT2D eigenvalue weighted by Gasteiger charge is -2.14. The number of hydrogen-bond donors (Lipinski definition) is 3. The number of carbonyl (C=O) groups is 1. The quantitative estimate of drug-likeness (QED) is 0.303. The summed E-state index contributed by atoms with van der Waals surface area (Å²) in [6.07, 6.45) is 9.63. The summed E-state index contributed by atoms with van der Waals surface area (Å²) in [4.78, 5) is 11.6. The van der Waals surface area contributed by atoms with Crippen LogP contribution >= 0.6 is 0 Å². The zero-order chi connectivity index (χ0) is 21.7. The lowest BCUT2D eigenvalue weighted by Crippen LogP contribution is -2.05. The molecule has 0 aliphatic carbocycles. The summed E-state index contributed by atoms with van der Waals surface area (Å²) in [7, 11) is 0. The molecular weight excluding hydrogens is 352 g/mol. The van der Waals surface area contributed by atoms with Crippen LogP contribution in [-0.2, 0) is 12.8 Å². The molecule has 1 aromatic rings. The highest BCUT2D eigenvalue weighted by atomic mass is 16.4. The van der Waals surface area contributed by atoms with Crippen molar-refractivity contribution >= 4 is 5.97 Å². The molecule has 0 amide bonds. The van der Waals surface area contributed by atoms with E-state index in [1.807, 2.05) is 26.8 Å². The third-order valence-corrected chi connectivity index (χ3v) is 4.47. The van der Waals surface area contributed by atoms with Gasteiger partial charge in [0.25, 0.3) is 0 Å². The standard InChI is InChI=1S/C22H32O4.C2H6/c1-5-6-7-11-17-14-19(23)18(21(24)20(17)22(25)26)13-12-16(4)10-8-9-15(2)3;1-2/h9,12,14,23-24H,5-8,10-11,13H2,1-4H3,(H,25,26);1-2H3/b16-12+;. The van der Waals surface area contributed by atoms with E-state index in [9.17, 15) is 20.1 Å². The van der Waals surface area contributed by atoms with E-state index in [4.69, 9.17) is 0 Å². The summed E-state index contributed by atoms with van der Waals surface area (Å²) < 4.78 is 0. The lowest BCUT2D eigenvalue weighted by molar-refractivity contribution is 0.0692. The topological polar surface area (TPSA) is 77.8 Å². The van der Waals surface area contributed by atoms with Crippen molar-refractivity contribution < 1.29 is 20.1 Å². The lowest BCUT2D eigenvalue weighted by atomic mass is 9.95. The molecule has 0 radical (unpaired) electrons. The minimum Gasteiger partial charge on any atom is -0.508 e. The number of carboxylic acid groups (broad SMARTS) is 1. The molecule has 1 rings (SSSR count). The number of benzene rings is 1. The number of aromatic carboxylic acids is 1. The van der Waals surface area contributed by atoms with E-state index in [2.05, 4.69) is 26.8 Å². The summed E-state index contributed by atoms with van der Waals surface area (Å²) in [5, 5.41) is 30.3. The van der Waals surface area contributed by atoms with Crippen molar-refractivity contribution in [1.82, 2.24) is 0 Å². The van der Waals surface area contributed by atoms with Gasteiger partial charge >= 0.3 is 5.97 Å². The van der Waals surface area contributed by atoms with Gasteiger partial charge in [0.1, 0.15) is 17.1 Å². The van der Waals surface area contributed by atoms with Gasteiger partial charge in [-0.25, -0.2) is 4.79 Å². The molecule has 3 N–H and O–H groups in total. The van der Waals surface area contributed by atoms with Crippen LogP contribution in [-0.4, -0.2) is 21.3 Å². The van der Waals surface area contributed by atoms with Gasteiger partial charge in [-0.2, -0.15) is 0 Å². The van der Waals surface area contributed by atoms with E-state index < -0.39 is 5.97 Å². The number of phenols is 2. The van der Waals surface area contributed by atoms with Gasteiger partial charge in [-0.15, -0.1) is 0 Å². The van der Waals surface area contributed by atoms with E-state index >= 15 is 0 Å². The zero-order valence-corrected chi connectivity index (χ0v) is 18.4. The monoisotopic (exact) mass is 390 g/mol. The maximum Gasteiger partial charge on any atom is 0.339 e. The smallest absolute Gasteiger partial charge is 0.339 e. The molecule has 0 heterocycles. The fourth-order valence-electron chi connectivity index (χ4n) is 2.92. The van der Waals surface area contributed by atoms with Crippen molar-refractivity contribution in [2.75, 3.05) is 0 Å². The molecule has 0 aromatic heterocycles. The third kappa shape index (κ3) is 8.64. The molecular formula is C24H38O4. The fourth-order valence-corrected chi connectivity index (χ4v) is 2.92. The minimum atomic E-state index is -1.15. The Kier molecular flexibility index (Phi) is 12.8. The first-order chi connectivity index (χ1) is 13.3. The number of rotatable bonds is 10. The van der Waals surface area contributed by atoms with Gasteiger partial charge in [0.2, 0.25) is 0 Å². The zero-order valence-electron chi connectivity index (χ0n) is 18.4. The van der Waals surface area contributed by atoms with Crippen LogP contribution in [0.15, 0.2) is 29.4 Å². The van der Waals surface area contributed by atoms with E-state index in [-0.39, 0.29) is 22.6 Å². The third-order valence-electron chi connectivity index (χ3n) is 4.47. The molecule has 0 aliphatic heterocycles. The molecule has 0 bridgehead atoms. The summed E-state index contributed by atoms with van der Waals surface area (Å²) >= 11 is 0. The van der Waals surface area contributed by atoms with Crippen LogP contribution in [0, 0.1) is 0 Å². The van der Waals surface area contributed by atoms with Crippen molar-refractivity contribution in [3.8, 4) is 11.5 Å². The number of allylic oxidation sites excluding steroid dienone is 4. The largest absolute Gasteiger partial charge is 0.508 e. The molecule has 0 aliphatic rings. The summed E-state index contributed by atoms with van der Waals surface area (Å²) in [6, 6.07) is 1.50. The van der Waals surface area contributed by atoms with Crippen LogP contribution in [0.3, 0.4) is 0 Å². The maximum atomic E-state index is 11.6. The summed E-state index contributed by atoms with van der Waals surface area (Å²) in [5.41, 5.74) is 3.12. The second-order valence-electron chi connectivity index (χ2n) is 7.09. The molecule has 0 saturated carbocycles. The van der Waals surface area contributed by atoms with Crippen molar-refractivity contribution in [2.24, 2.45) is 0 Å². The Bertz CT molecular complexity index is 680. The highest BCUT2D eigenvalue weighted by Crippen LogP contribution is 2.35. The predicted molar refractivity (Wildman–Crippen MR) is 117 cm³/mol. The molecule has 28 heavy (non-hydrogen) atoms. The molecule has 0 spiro atoms. The Morgan fingerprint density at radius 1 is 1.07 bits per heavy atom. The average Bonchev–Trinajstić information content (AvgIpc) is 2.62. The van der Waals surface area contributed by atoms with Gasteiger partial charge < -0.3 is 15.3 Å². The number of carboxylic acids is 1. The van der Waals surface area contributed by atoms with Crippen molar-refractivity contribution in [3.05, 3.63) is 46.1 Å². The normalized spacial score (nSPS) is 10.9. The van der Waals surface area contributed by atoms with Gasteiger partial charge in [0, 0.05) is 5.56 Å². The number of aryl methyl sites for hydroxylation is 1. The Labute approximate surface area is 170 Å². The van der Waals surface area contributed by atoms with Gasteiger partial charge in [0.15, 0.2) is 0 Å². The van der Waals surface area contributed by atoms with Crippen molar-refractivity contribution in [2.45, 2.75) is 86.5 Å². The van der Waals surface area contributed by atoms with Crippen LogP contribution in [0.5, 0.6) is 11.5 Å². The van der Waals surface area contributed by atoms with E-state index in [0.29, 0.717) is 18.4 Å².